The van der Waals surface area contributed by atoms with Crippen molar-refractivity contribution >= 4 is 5.78 Å². The van der Waals surface area contributed by atoms with Gasteiger partial charge in [-0.2, -0.15) is 0 Å². The SMILES string of the molecule is CC(=O)C(N=[N+]=[N-])C1CCN(C)CC1. The fourth-order valence-electron chi connectivity index (χ4n) is 1.91. The van der Waals surface area contributed by atoms with Gasteiger partial charge in [0.2, 0.25) is 0 Å². The van der Waals surface area contributed by atoms with Crippen LogP contribution in [0.5, 0.6) is 0 Å². The van der Waals surface area contributed by atoms with Gasteiger partial charge in [-0.25, -0.2) is 0 Å². The molecule has 1 rings (SSSR count). The van der Waals surface area contributed by atoms with Crippen molar-refractivity contribution in [2.45, 2.75) is 25.8 Å². The lowest BCUT2D eigenvalue weighted by atomic mass is 9.88. The van der Waals surface area contributed by atoms with Crippen molar-refractivity contribution in [2.75, 3.05) is 20.1 Å². The summed E-state index contributed by atoms with van der Waals surface area (Å²) in [5, 5.41) is 3.58. The number of ketones is 1. The lowest BCUT2D eigenvalue weighted by Crippen LogP contribution is -2.37. The van der Waals surface area contributed by atoms with Crippen molar-refractivity contribution < 1.29 is 4.79 Å². The smallest absolute Gasteiger partial charge is 0.139 e. The molecule has 1 heterocycles. The Bertz CT molecular complexity index is 250. The standard InChI is InChI=1S/C9H16N4O/c1-7(14)9(11-12-10)8-3-5-13(2)6-4-8/h8-9H,3-6H2,1-2H3. The molecule has 1 aliphatic rings. The average molecular weight is 196 g/mol. The van der Waals surface area contributed by atoms with Crippen LogP contribution in [-0.4, -0.2) is 36.9 Å². The van der Waals surface area contributed by atoms with E-state index in [1.54, 1.807) is 0 Å². The van der Waals surface area contributed by atoms with Crippen LogP contribution in [0.15, 0.2) is 5.11 Å². The second kappa shape index (κ2) is 4.98. The Morgan fingerprint density at radius 3 is 2.57 bits per heavy atom. The van der Waals surface area contributed by atoms with Gasteiger partial charge in [0.15, 0.2) is 0 Å². The molecule has 0 N–H and O–H groups in total. The number of carbonyl (C=O) groups excluding carboxylic acids is 1. The minimum atomic E-state index is -0.450. The summed E-state index contributed by atoms with van der Waals surface area (Å²) in [6, 6.07) is -0.450. The summed E-state index contributed by atoms with van der Waals surface area (Å²) >= 11 is 0. The van der Waals surface area contributed by atoms with Crippen LogP contribution in [0.3, 0.4) is 0 Å². The van der Waals surface area contributed by atoms with E-state index in [0.29, 0.717) is 0 Å². The molecule has 5 nitrogen and oxygen atoms in total. The fraction of sp³-hybridized carbons (Fsp3) is 0.889. The van der Waals surface area contributed by atoms with E-state index in [1.165, 1.54) is 6.92 Å². The van der Waals surface area contributed by atoms with E-state index in [9.17, 15) is 4.79 Å². The third-order valence-corrected chi connectivity index (χ3v) is 2.80. The lowest BCUT2D eigenvalue weighted by Gasteiger charge is -2.31. The van der Waals surface area contributed by atoms with Gasteiger partial charge < -0.3 is 4.90 Å². The number of azide groups is 1. The first kappa shape index (κ1) is 11.0. The van der Waals surface area contributed by atoms with Crippen LogP contribution in [0.25, 0.3) is 10.4 Å². The maximum atomic E-state index is 11.2. The molecule has 0 radical (unpaired) electrons. The van der Waals surface area contributed by atoms with Crippen LogP contribution in [0.1, 0.15) is 19.8 Å². The third-order valence-electron chi connectivity index (χ3n) is 2.80. The van der Waals surface area contributed by atoms with Crippen LogP contribution >= 0.6 is 0 Å². The minimum Gasteiger partial charge on any atom is -0.306 e. The number of rotatable bonds is 3. The van der Waals surface area contributed by atoms with Crippen molar-refractivity contribution in [3.05, 3.63) is 10.4 Å². The van der Waals surface area contributed by atoms with E-state index in [-0.39, 0.29) is 11.7 Å². The van der Waals surface area contributed by atoms with E-state index in [1.807, 2.05) is 0 Å². The van der Waals surface area contributed by atoms with E-state index >= 15 is 0 Å². The van der Waals surface area contributed by atoms with Crippen molar-refractivity contribution in [2.24, 2.45) is 11.0 Å². The topological polar surface area (TPSA) is 69.1 Å². The Balaban J connectivity index is 2.60. The summed E-state index contributed by atoms with van der Waals surface area (Å²) in [4.78, 5) is 16.2. The molecule has 0 bridgehead atoms. The highest BCUT2D eigenvalue weighted by Gasteiger charge is 2.27. The summed E-state index contributed by atoms with van der Waals surface area (Å²) in [5.41, 5.74) is 8.36. The minimum absolute atomic E-state index is 0.0163. The first-order valence-electron chi connectivity index (χ1n) is 4.88. The van der Waals surface area contributed by atoms with Crippen molar-refractivity contribution in [3.63, 3.8) is 0 Å². The number of hydrogen-bond acceptors (Lipinski definition) is 3. The van der Waals surface area contributed by atoms with Gasteiger partial charge in [0, 0.05) is 4.91 Å². The molecule has 1 saturated heterocycles. The molecule has 5 heteroatoms. The second-order valence-corrected chi connectivity index (χ2v) is 3.90. The average Bonchev–Trinajstić information content (AvgIpc) is 2.15. The number of hydrogen-bond donors (Lipinski definition) is 0. The van der Waals surface area contributed by atoms with Crippen LogP contribution in [0, 0.1) is 5.92 Å². The van der Waals surface area contributed by atoms with Gasteiger partial charge in [-0.1, -0.05) is 5.11 Å². The molecule has 0 aromatic rings. The maximum Gasteiger partial charge on any atom is 0.139 e. The summed E-state index contributed by atoms with van der Waals surface area (Å²) in [6.07, 6.45) is 1.89. The third kappa shape index (κ3) is 2.72. The first-order chi connectivity index (χ1) is 6.65. The first-order valence-corrected chi connectivity index (χ1v) is 4.88. The van der Waals surface area contributed by atoms with Gasteiger partial charge in [-0.15, -0.1) is 0 Å². The molecule has 0 saturated carbocycles. The highest BCUT2D eigenvalue weighted by atomic mass is 16.1. The fourth-order valence-corrected chi connectivity index (χ4v) is 1.91. The number of nitrogens with zero attached hydrogens (tertiary/aromatic N) is 4. The van der Waals surface area contributed by atoms with Gasteiger partial charge in [0.05, 0.1) is 6.04 Å². The number of likely N-dealkylation sites (tertiary alicyclic amines) is 1. The zero-order valence-electron chi connectivity index (χ0n) is 8.68. The molecule has 0 amide bonds. The summed E-state index contributed by atoms with van der Waals surface area (Å²) in [7, 11) is 2.06. The molecule has 1 unspecified atom stereocenters. The van der Waals surface area contributed by atoms with Gasteiger partial charge >= 0.3 is 0 Å². The molecule has 14 heavy (non-hydrogen) atoms. The van der Waals surface area contributed by atoms with Crippen molar-refractivity contribution in [1.82, 2.24) is 4.90 Å². The molecule has 78 valence electrons. The summed E-state index contributed by atoms with van der Waals surface area (Å²) in [5.74, 6) is 0.219. The van der Waals surface area contributed by atoms with Gasteiger partial charge in [-0.05, 0) is 51.4 Å². The van der Waals surface area contributed by atoms with Crippen molar-refractivity contribution in [3.8, 4) is 0 Å². The molecule has 1 atom stereocenters. The van der Waals surface area contributed by atoms with Crippen LogP contribution in [-0.2, 0) is 4.79 Å². The molecule has 1 aliphatic heterocycles. The molecule has 0 aliphatic carbocycles. The maximum absolute atomic E-state index is 11.2. The predicted molar refractivity (Wildman–Crippen MR) is 53.8 cm³/mol. The Kier molecular flexibility index (Phi) is 3.92. The lowest BCUT2D eigenvalue weighted by molar-refractivity contribution is -0.119. The Morgan fingerprint density at radius 2 is 2.14 bits per heavy atom. The molecule has 0 aromatic heterocycles. The Hall–Kier alpha value is -1.06. The van der Waals surface area contributed by atoms with E-state index in [0.717, 1.165) is 25.9 Å². The van der Waals surface area contributed by atoms with Crippen LogP contribution < -0.4 is 0 Å². The summed E-state index contributed by atoms with van der Waals surface area (Å²) in [6.45, 7) is 3.46. The number of carbonyl (C=O) groups is 1. The summed E-state index contributed by atoms with van der Waals surface area (Å²) < 4.78 is 0. The highest BCUT2D eigenvalue weighted by molar-refractivity contribution is 5.81. The van der Waals surface area contributed by atoms with Gasteiger partial charge in [-0.3, -0.25) is 4.79 Å². The van der Waals surface area contributed by atoms with E-state index in [4.69, 9.17) is 5.53 Å². The van der Waals surface area contributed by atoms with E-state index < -0.39 is 6.04 Å². The molecule has 0 aromatic carbocycles. The van der Waals surface area contributed by atoms with Crippen LogP contribution in [0.4, 0.5) is 0 Å². The zero-order valence-corrected chi connectivity index (χ0v) is 8.68. The second-order valence-electron chi connectivity index (χ2n) is 3.90. The zero-order chi connectivity index (χ0) is 10.6. The Labute approximate surface area is 83.7 Å². The molecule has 1 fully saturated rings. The number of Topliss-reactive ketones (excluding diaryl/α,β-unsaturated/α-hetero) is 1. The van der Waals surface area contributed by atoms with Crippen LogP contribution in [0.2, 0.25) is 0 Å². The van der Waals surface area contributed by atoms with Gasteiger partial charge in [0.1, 0.15) is 5.78 Å². The van der Waals surface area contributed by atoms with E-state index in [2.05, 4.69) is 22.0 Å². The predicted octanol–water partition coefficient (Wildman–Crippen LogP) is 1.60. The van der Waals surface area contributed by atoms with Gasteiger partial charge in [0.25, 0.3) is 0 Å². The highest BCUT2D eigenvalue weighted by Crippen LogP contribution is 2.22. The normalized spacial score (nSPS) is 21.3. The molecular formula is C9H16N4O. The largest absolute Gasteiger partial charge is 0.306 e. The quantitative estimate of drug-likeness (QED) is 0.391. The molecular weight excluding hydrogens is 180 g/mol. The Morgan fingerprint density at radius 1 is 1.57 bits per heavy atom. The van der Waals surface area contributed by atoms with Crippen molar-refractivity contribution in [1.29, 1.82) is 0 Å². The number of piperidine rings is 1. The monoisotopic (exact) mass is 196 g/mol. The molecule has 0 spiro atoms.